The number of aryl methyl sites for hydroxylation is 2. The molecule has 114 valence electrons. The summed E-state index contributed by atoms with van der Waals surface area (Å²) in [7, 11) is -5.37. The summed E-state index contributed by atoms with van der Waals surface area (Å²) in [5.74, 6) is 0. The Kier molecular flexibility index (Phi) is 4.72. The van der Waals surface area contributed by atoms with E-state index in [9.17, 15) is 11.8 Å². The van der Waals surface area contributed by atoms with Crippen LogP contribution >= 0.6 is 26.7 Å². The van der Waals surface area contributed by atoms with E-state index in [-0.39, 0.29) is 7.14 Å². The summed E-state index contributed by atoms with van der Waals surface area (Å²) in [5, 5.41) is 0. The van der Waals surface area contributed by atoms with Gasteiger partial charge in [-0.15, -0.1) is 0 Å². The van der Waals surface area contributed by atoms with Gasteiger partial charge in [0.05, 0.1) is 0 Å². The van der Waals surface area contributed by atoms with E-state index in [0.717, 1.165) is 11.1 Å². The molecule has 21 heavy (non-hydrogen) atoms. The third-order valence-electron chi connectivity index (χ3n) is 2.78. The van der Waals surface area contributed by atoms with E-state index in [2.05, 4.69) is 2.85 Å². The van der Waals surface area contributed by atoms with Gasteiger partial charge in [0.2, 0.25) is 0 Å². The van der Waals surface area contributed by atoms with Gasteiger partial charge in [-0.3, -0.25) is 0 Å². The number of halogens is 2. The second kappa shape index (κ2) is 6.04. The second-order valence-electron chi connectivity index (χ2n) is 4.58. The van der Waals surface area contributed by atoms with E-state index in [4.69, 9.17) is 4.89 Å². The van der Waals surface area contributed by atoms with Gasteiger partial charge in [0, 0.05) is 0 Å². The van der Waals surface area contributed by atoms with Crippen molar-refractivity contribution in [3.8, 4) is 0 Å². The first-order valence-electron chi connectivity index (χ1n) is 6.06. The van der Waals surface area contributed by atoms with Crippen LogP contribution < -0.4 is 0 Å². The third kappa shape index (κ3) is 4.03. The van der Waals surface area contributed by atoms with Crippen LogP contribution in [0.2, 0.25) is 0 Å². The standard InChI is InChI=1S/C14H15FIO4P/c1-11-3-7-13(8-4-11)16(17,20-21(15,18)19)14-9-5-12(2)6-10-14/h3-10H,1-2H3,(H,18,19). The van der Waals surface area contributed by atoms with Crippen LogP contribution in [0.15, 0.2) is 48.5 Å². The Morgan fingerprint density at radius 1 is 0.952 bits per heavy atom. The molecule has 0 saturated heterocycles. The van der Waals surface area contributed by atoms with Gasteiger partial charge in [0.25, 0.3) is 0 Å². The molecule has 4 nitrogen and oxygen atoms in total. The van der Waals surface area contributed by atoms with Gasteiger partial charge in [-0.2, -0.15) is 0 Å². The van der Waals surface area contributed by atoms with E-state index in [1.165, 1.54) is 24.3 Å². The zero-order valence-corrected chi connectivity index (χ0v) is 14.5. The van der Waals surface area contributed by atoms with Crippen molar-refractivity contribution in [2.45, 2.75) is 13.8 Å². The van der Waals surface area contributed by atoms with Crippen LogP contribution in [-0.2, 0) is 10.5 Å². The molecule has 0 fully saturated rings. The number of hydrogen-bond donors (Lipinski definition) is 1. The molecule has 2 aromatic rings. The monoisotopic (exact) mass is 424 g/mol. The van der Waals surface area contributed by atoms with Crippen molar-refractivity contribution >= 4 is 26.7 Å². The molecule has 0 saturated carbocycles. The van der Waals surface area contributed by atoms with Crippen molar-refractivity contribution in [3.05, 3.63) is 66.8 Å². The first kappa shape index (κ1) is 16.4. The fraction of sp³-hybridized carbons (Fsp3) is 0.143. The Balaban J connectivity index is 2.59. The Bertz CT molecular complexity index is 672. The van der Waals surface area contributed by atoms with Crippen molar-refractivity contribution < 1.29 is 19.6 Å². The average molecular weight is 424 g/mol. The molecule has 0 radical (unpaired) electrons. The SMILES string of the molecule is Cc1ccc(I(=O)(OP(=O)(O)F)c2ccc(C)cc2)cc1. The van der Waals surface area contributed by atoms with E-state index in [0.29, 0.717) is 0 Å². The average Bonchev–Trinajstić information content (AvgIpc) is 2.38. The van der Waals surface area contributed by atoms with Gasteiger partial charge in [-0.1, -0.05) is 0 Å². The molecule has 2 rings (SSSR count). The van der Waals surface area contributed by atoms with Gasteiger partial charge in [-0.25, -0.2) is 0 Å². The zero-order valence-electron chi connectivity index (χ0n) is 11.5. The molecule has 0 amide bonds. The minimum atomic E-state index is -5.37. The number of benzene rings is 2. The van der Waals surface area contributed by atoms with Crippen molar-refractivity contribution in [3.63, 3.8) is 0 Å². The van der Waals surface area contributed by atoms with Crippen molar-refractivity contribution in [1.29, 1.82) is 0 Å². The molecular weight excluding hydrogens is 409 g/mol. The van der Waals surface area contributed by atoms with E-state index in [1.54, 1.807) is 24.3 Å². The van der Waals surface area contributed by atoms with Crippen molar-refractivity contribution in [2.75, 3.05) is 0 Å². The normalized spacial score (nSPS) is 15.4. The Labute approximate surface area is 127 Å². The second-order valence-corrected chi connectivity index (χ2v) is 12.0. The fourth-order valence-electron chi connectivity index (χ4n) is 1.72. The molecule has 1 atom stereocenters. The number of rotatable bonds is 4. The molecular formula is C14H15FIO4P. The summed E-state index contributed by atoms with van der Waals surface area (Å²) in [4.78, 5) is 8.90. The molecule has 2 aromatic carbocycles. The molecule has 0 aromatic heterocycles. The number of hydrogen-bond acceptors (Lipinski definition) is 3. The first-order valence-corrected chi connectivity index (χ1v) is 11.5. The predicted octanol–water partition coefficient (Wildman–Crippen LogP) is 4.73. The molecule has 0 heterocycles. The topological polar surface area (TPSA) is 63.6 Å². The maximum atomic E-state index is 13.1. The minimum absolute atomic E-state index is 0.239. The summed E-state index contributed by atoms with van der Waals surface area (Å²) >= 11 is -4.84. The van der Waals surface area contributed by atoms with Crippen LogP contribution in [0.5, 0.6) is 0 Å². The maximum absolute atomic E-state index is 13.1. The van der Waals surface area contributed by atoms with Gasteiger partial charge in [-0.05, 0) is 0 Å². The summed E-state index contributed by atoms with van der Waals surface area (Å²) in [6.07, 6.45) is 0. The van der Waals surface area contributed by atoms with Gasteiger partial charge < -0.3 is 0 Å². The molecule has 1 unspecified atom stereocenters. The molecule has 7 heteroatoms. The fourth-order valence-corrected chi connectivity index (χ4v) is 8.87. The first-order chi connectivity index (χ1) is 9.71. The summed E-state index contributed by atoms with van der Waals surface area (Å²) in [6.45, 7) is 3.70. The molecule has 0 aliphatic carbocycles. The van der Waals surface area contributed by atoms with E-state index in [1.807, 2.05) is 13.8 Å². The Hall–Kier alpha value is -0.950. The van der Waals surface area contributed by atoms with Crippen LogP contribution in [-0.4, -0.2) is 4.89 Å². The van der Waals surface area contributed by atoms with Crippen LogP contribution in [0, 0.1) is 21.0 Å². The zero-order chi connectivity index (χ0) is 15.7. The van der Waals surface area contributed by atoms with E-state index < -0.39 is 26.7 Å². The molecule has 1 N–H and O–H groups in total. The molecule has 0 aliphatic heterocycles. The molecule has 0 bridgehead atoms. The predicted molar refractivity (Wildman–Crippen MR) is 86.5 cm³/mol. The summed E-state index contributed by atoms with van der Waals surface area (Å²) in [5.41, 5.74) is 1.86. The molecule has 0 aliphatic rings. The summed E-state index contributed by atoms with van der Waals surface area (Å²) < 4.78 is 42.3. The van der Waals surface area contributed by atoms with Gasteiger partial charge >= 0.3 is 127 Å². The van der Waals surface area contributed by atoms with Gasteiger partial charge in [0.15, 0.2) is 0 Å². The quantitative estimate of drug-likeness (QED) is 0.570. The van der Waals surface area contributed by atoms with Crippen LogP contribution in [0.4, 0.5) is 4.20 Å². The Morgan fingerprint density at radius 2 is 1.29 bits per heavy atom. The Morgan fingerprint density at radius 3 is 1.57 bits per heavy atom. The van der Waals surface area contributed by atoms with Crippen molar-refractivity contribution in [1.82, 2.24) is 0 Å². The van der Waals surface area contributed by atoms with E-state index >= 15 is 0 Å². The van der Waals surface area contributed by atoms with Crippen molar-refractivity contribution in [2.24, 2.45) is 0 Å². The molecule has 0 spiro atoms. The van der Waals surface area contributed by atoms with Crippen LogP contribution in [0.3, 0.4) is 0 Å². The van der Waals surface area contributed by atoms with Crippen LogP contribution in [0.1, 0.15) is 11.1 Å². The van der Waals surface area contributed by atoms with Crippen LogP contribution in [0.25, 0.3) is 0 Å². The summed E-state index contributed by atoms with van der Waals surface area (Å²) in [6, 6.07) is 12.9. The van der Waals surface area contributed by atoms with Gasteiger partial charge in [0.1, 0.15) is 0 Å². The third-order valence-corrected chi connectivity index (χ3v) is 11.0.